The van der Waals surface area contributed by atoms with E-state index in [4.69, 9.17) is 5.11 Å². The second-order valence-corrected chi connectivity index (χ2v) is 5.33. The molecule has 0 saturated carbocycles. The Kier molecular flexibility index (Phi) is 3.88. The van der Waals surface area contributed by atoms with Gasteiger partial charge < -0.3 is 10.0 Å². The second kappa shape index (κ2) is 5.45. The smallest absolute Gasteiger partial charge is 0.335 e. The van der Waals surface area contributed by atoms with Crippen molar-refractivity contribution in [3.8, 4) is 0 Å². The van der Waals surface area contributed by atoms with Gasteiger partial charge in [-0.1, -0.05) is 13.8 Å². The van der Waals surface area contributed by atoms with E-state index in [0.717, 1.165) is 11.2 Å². The zero-order valence-electron chi connectivity index (χ0n) is 12.2. The van der Waals surface area contributed by atoms with Crippen molar-refractivity contribution in [2.24, 2.45) is 5.92 Å². The Morgan fingerprint density at radius 1 is 1.25 bits per heavy atom. The molecule has 5 heteroatoms. The number of benzene rings is 1. The zero-order chi connectivity index (χ0) is 14.9. The maximum atomic E-state index is 11.0. The molecule has 1 unspecified atom stereocenters. The van der Waals surface area contributed by atoms with Gasteiger partial charge in [0.25, 0.3) is 0 Å². The van der Waals surface area contributed by atoms with Crippen LogP contribution in [0.15, 0.2) is 24.5 Å². The standard InChI is InChI=1S/C15H19N3O2/c1-9(2)10(3)18(4)14-12-6-5-11(15(19)20)7-13(12)16-8-17-14/h5-10H,1-4H3,(H,19,20). The molecule has 106 valence electrons. The third kappa shape index (κ3) is 2.57. The van der Waals surface area contributed by atoms with Gasteiger partial charge in [-0.25, -0.2) is 14.8 Å². The van der Waals surface area contributed by atoms with Crippen molar-refractivity contribution in [3.05, 3.63) is 30.1 Å². The number of carbonyl (C=O) groups is 1. The van der Waals surface area contributed by atoms with Crippen molar-refractivity contribution in [1.29, 1.82) is 0 Å². The number of nitrogens with zero attached hydrogens (tertiary/aromatic N) is 3. The van der Waals surface area contributed by atoms with Gasteiger partial charge in [0.1, 0.15) is 12.1 Å². The summed E-state index contributed by atoms with van der Waals surface area (Å²) in [6, 6.07) is 5.27. The number of hydrogen-bond donors (Lipinski definition) is 1. The van der Waals surface area contributed by atoms with E-state index in [1.807, 2.05) is 7.05 Å². The van der Waals surface area contributed by atoms with Gasteiger partial charge in [0.15, 0.2) is 0 Å². The molecule has 0 fully saturated rings. The number of fused-ring (bicyclic) bond motifs is 1. The fraction of sp³-hybridized carbons (Fsp3) is 0.400. The number of rotatable bonds is 4. The monoisotopic (exact) mass is 273 g/mol. The SMILES string of the molecule is CC(C)C(C)N(C)c1ncnc2cc(C(=O)O)ccc12. The summed E-state index contributed by atoms with van der Waals surface area (Å²) in [5.41, 5.74) is 0.888. The molecule has 20 heavy (non-hydrogen) atoms. The summed E-state index contributed by atoms with van der Waals surface area (Å²) in [5, 5.41) is 9.90. The lowest BCUT2D eigenvalue weighted by atomic mass is 10.0. The van der Waals surface area contributed by atoms with Crippen molar-refractivity contribution in [1.82, 2.24) is 9.97 Å². The van der Waals surface area contributed by atoms with Gasteiger partial charge in [-0.2, -0.15) is 0 Å². The third-order valence-corrected chi connectivity index (χ3v) is 3.77. The van der Waals surface area contributed by atoms with Gasteiger partial charge in [-0.3, -0.25) is 0 Å². The van der Waals surface area contributed by atoms with Gasteiger partial charge >= 0.3 is 5.97 Å². The van der Waals surface area contributed by atoms with Gasteiger partial charge in [0.05, 0.1) is 11.1 Å². The molecule has 0 spiro atoms. The predicted octanol–water partition coefficient (Wildman–Crippen LogP) is 2.81. The summed E-state index contributed by atoms with van der Waals surface area (Å²) in [4.78, 5) is 21.6. The summed E-state index contributed by atoms with van der Waals surface area (Å²) >= 11 is 0. The number of aromatic carboxylic acids is 1. The summed E-state index contributed by atoms with van der Waals surface area (Å²) in [6.07, 6.45) is 1.48. The van der Waals surface area contributed by atoms with Crippen LogP contribution in [0.3, 0.4) is 0 Å². The molecule has 0 radical (unpaired) electrons. The van der Waals surface area contributed by atoms with Crippen molar-refractivity contribution < 1.29 is 9.90 Å². The summed E-state index contributed by atoms with van der Waals surface area (Å²) in [5.74, 6) is 0.368. The van der Waals surface area contributed by atoms with Crippen LogP contribution in [0, 0.1) is 5.92 Å². The highest BCUT2D eigenvalue weighted by Gasteiger charge is 2.17. The molecule has 0 amide bonds. The van der Waals surface area contributed by atoms with Crippen LogP contribution in [0.5, 0.6) is 0 Å². The first kappa shape index (κ1) is 14.2. The minimum atomic E-state index is -0.948. The topological polar surface area (TPSA) is 66.3 Å². The van der Waals surface area contributed by atoms with Gasteiger partial charge in [-0.05, 0) is 31.0 Å². The minimum absolute atomic E-state index is 0.238. The van der Waals surface area contributed by atoms with Crippen LogP contribution in [0.1, 0.15) is 31.1 Å². The van der Waals surface area contributed by atoms with Crippen molar-refractivity contribution in [2.75, 3.05) is 11.9 Å². The number of carboxylic acid groups (broad SMARTS) is 1. The maximum absolute atomic E-state index is 11.0. The molecule has 0 aliphatic rings. The Balaban J connectivity index is 2.52. The van der Waals surface area contributed by atoms with E-state index in [1.165, 1.54) is 6.33 Å². The molecule has 0 aliphatic carbocycles. The summed E-state index contributed by atoms with van der Waals surface area (Å²) in [7, 11) is 2.00. The van der Waals surface area contributed by atoms with E-state index < -0.39 is 5.97 Å². The number of carboxylic acids is 1. The Hall–Kier alpha value is -2.17. The lowest BCUT2D eigenvalue weighted by Crippen LogP contribution is -2.33. The maximum Gasteiger partial charge on any atom is 0.335 e. The molecule has 5 nitrogen and oxygen atoms in total. The molecule has 0 bridgehead atoms. The van der Waals surface area contributed by atoms with Crippen LogP contribution in [0.2, 0.25) is 0 Å². The fourth-order valence-corrected chi connectivity index (χ4v) is 2.10. The molecular formula is C15H19N3O2. The van der Waals surface area contributed by atoms with Gasteiger partial charge in [0, 0.05) is 18.5 Å². The summed E-state index contributed by atoms with van der Waals surface area (Å²) < 4.78 is 0. The number of aromatic nitrogens is 2. The molecule has 1 aromatic carbocycles. The van der Waals surface area contributed by atoms with Crippen molar-refractivity contribution in [3.63, 3.8) is 0 Å². The molecule has 0 saturated heterocycles. The highest BCUT2D eigenvalue weighted by Crippen LogP contribution is 2.25. The second-order valence-electron chi connectivity index (χ2n) is 5.33. The van der Waals surface area contributed by atoms with Crippen molar-refractivity contribution >= 4 is 22.7 Å². The van der Waals surface area contributed by atoms with Crippen LogP contribution < -0.4 is 4.90 Å². The van der Waals surface area contributed by atoms with Gasteiger partial charge in [0.2, 0.25) is 0 Å². The van der Waals surface area contributed by atoms with E-state index in [9.17, 15) is 4.79 Å². The van der Waals surface area contributed by atoms with E-state index in [-0.39, 0.29) is 5.56 Å². The Labute approximate surface area is 118 Å². The lowest BCUT2D eigenvalue weighted by molar-refractivity contribution is 0.0697. The average Bonchev–Trinajstić information content (AvgIpc) is 2.44. The quantitative estimate of drug-likeness (QED) is 0.927. The molecule has 2 aromatic rings. The zero-order valence-corrected chi connectivity index (χ0v) is 12.2. The van der Waals surface area contributed by atoms with Crippen LogP contribution in [0.4, 0.5) is 5.82 Å². The third-order valence-electron chi connectivity index (χ3n) is 3.77. The lowest BCUT2D eigenvalue weighted by Gasteiger charge is -2.29. The van der Waals surface area contributed by atoms with Crippen LogP contribution in [-0.4, -0.2) is 34.1 Å². The Morgan fingerprint density at radius 3 is 2.55 bits per heavy atom. The average molecular weight is 273 g/mol. The first-order chi connectivity index (χ1) is 9.41. The van der Waals surface area contributed by atoms with E-state index in [1.54, 1.807) is 18.2 Å². The fourth-order valence-electron chi connectivity index (χ4n) is 2.10. The highest BCUT2D eigenvalue weighted by atomic mass is 16.4. The van der Waals surface area contributed by atoms with Crippen LogP contribution >= 0.6 is 0 Å². The molecule has 1 aromatic heterocycles. The van der Waals surface area contributed by atoms with Crippen LogP contribution in [-0.2, 0) is 0 Å². The highest BCUT2D eigenvalue weighted by molar-refractivity contribution is 5.96. The first-order valence-electron chi connectivity index (χ1n) is 6.62. The van der Waals surface area contributed by atoms with E-state index >= 15 is 0 Å². The number of hydrogen-bond acceptors (Lipinski definition) is 4. The van der Waals surface area contributed by atoms with Crippen LogP contribution in [0.25, 0.3) is 10.9 Å². The Morgan fingerprint density at radius 2 is 1.95 bits per heavy atom. The number of anilines is 1. The molecule has 0 aliphatic heterocycles. The minimum Gasteiger partial charge on any atom is -0.478 e. The molecule has 1 heterocycles. The van der Waals surface area contributed by atoms with Gasteiger partial charge in [-0.15, -0.1) is 0 Å². The molecule has 1 N–H and O–H groups in total. The molecular weight excluding hydrogens is 254 g/mol. The molecule has 2 rings (SSSR count). The first-order valence-corrected chi connectivity index (χ1v) is 6.62. The molecule has 1 atom stereocenters. The predicted molar refractivity (Wildman–Crippen MR) is 79.2 cm³/mol. The largest absolute Gasteiger partial charge is 0.478 e. The van der Waals surface area contributed by atoms with Crippen molar-refractivity contribution in [2.45, 2.75) is 26.8 Å². The normalized spacial score (nSPS) is 12.7. The van der Waals surface area contributed by atoms with E-state index in [0.29, 0.717) is 17.5 Å². The van der Waals surface area contributed by atoms with E-state index in [2.05, 4.69) is 35.6 Å². The Bertz CT molecular complexity index is 640. The summed E-state index contributed by atoms with van der Waals surface area (Å²) in [6.45, 7) is 6.46.